The highest BCUT2D eigenvalue weighted by atomic mass is 16.1. The third-order valence-corrected chi connectivity index (χ3v) is 4.86. The largest absolute Gasteiger partial charge is 0.368 e. The quantitative estimate of drug-likeness (QED) is 0.941. The lowest BCUT2D eigenvalue weighted by molar-refractivity contribution is -0.124. The Bertz CT molecular complexity index is 754. The normalized spacial score (nSPS) is 17.8. The molecule has 2 N–H and O–H groups in total. The van der Waals surface area contributed by atoms with Crippen LogP contribution >= 0.6 is 0 Å². The lowest BCUT2D eigenvalue weighted by Gasteiger charge is -2.35. The maximum absolute atomic E-state index is 12.0. The van der Waals surface area contributed by atoms with E-state index in [2.05, 4.69) is 43.0 Å². The summed E-state index contributed by atoms with van der Waals surface area (Å²) in [5, 5.41) is 0. The third-order valence-electron chi connectivity index (χ3n) is 4.86. The Kier molecular flexibility index (Phi) is 4.67. The van der Waals surface area contributed by atoms with Crippen molar-refractivity contribution in [2.45, 2.75) is 52.2 Å². The predicted octanol–water partition coefficient (Wildman–Crippen LogP) is 2.93. The molecule has 4 heteroatoms. The Morgan fingerprint density at radius 3 is 2.58 bits per heavy atom. The first-order valence-electron chi connectivity index (χ1n) is 8.52. The number of nitrogens with zero attached hydrogens (tertiary/aromatic N) is 2. The highest BCUT2D eigenvalue weighted by Crippen LogP contribution is 2.26. The average Bonchev–Trinajstić information content (AvgIpc) is 2.55. The summed E-state index contributed by atoms with van der Waals surface area (Å²) >= 11 is 0. The lowest BCUT2D eigenvalue weighted by Crippen LogP contribution is -2.48. The molecule has 0 radical (unpaired) electrons. The Morgan fingerprint density at radius 1 is 1.25 bits per heavy atom. The number of benzene rings is 1. The summed E-state index contributed by atoms with van der Waals surface area (Å²) in [6.45, 7) is 7.77. The number of pyridine rings is 1. The number of carbonyl (C=O) groups excluding carboxylic acids is 1. The summed E-state index contributed by atoms with van der Waals surface area (Å²) in [5.74, 6) is 0.159. The SMILES string of the molecule is Cc1nc(C(C)C)ccc1CN1Cc2ccccc2C[C@H]1C(N)=O. The number of fused-ring (bicyclic) bond motifs is 1. The number of rotatable bonds is 4. The number of nitrogens with two attached hydrogens (primary N) is 1. The summed E-state index contributed by atoms with van der Waals surface area (Å²) in [4.78, 5) is 18.8. The Hall–Kier alpha value is -2.20. The predicted molar refractivity (Wildman–Crippen MR) is 95.4 cm³/mol. The molecule has 1 atom stereocenters. The Balaban J connectivity index is 1.86. The van der Waals surface area contributed by atoms with Gasteiger partial charge in [-0.15, -0.1) is 0 Å². The van der Waals surface area contributed by atoms with Crippen LogP contribution in [0, 0.1) is 6.92 Å². The Labute approximate surface area is 143 Å². The van der Waals surface area contributed by atoms with Gasteiger partial charge < -0.3 is 5.73 Å². The number of aromatic nitrogens is 1. The molecule has 126 valence electrons. The van der Waals surface area contributed by atoms with Gasteiger partial charge in [-0.1, -0.05) is 44.2 Å². The number of hydrogen-bond donors (Lipinski definition) is 1. The number of primary amides is 1. The van der Waals surface area contributed by atoms with E-state index < -0.39 is 0 Å². The maximum atomic E-state index is 12.0. The van der Waals surface area contributed by atoms with Gasteiger partial charge in [0, 0.05) is 24.5 Å². The summed E-state index contributed by atoms with van der Waals surface area (Å²) in [6.07, 6.45) is 0.683. The Morgan fingerprint density at radius 2 is 1.96 bits per heavy atom. The van der Waals surface area contributed by atoms with Gasteiger partial charge in [0.25, 0.3) is 0 Å². The van der Waals surface area contributed by atoms with Crippen LogP contribution in [0.2, 0.25) is 0 Å². The van der Waals surface area contributed by atoms with Crippen molar-refractivity contribution in [3.05, 3.63) is 64.5 Å². The summed E-state index contributed by atoms with van der Waals surface area (Å²) < 4.78 is 0. The smallest absolute Gasteiger partial charge is 0.235 e. The molecule has 0 spiro atoms. The minimum Gasteiger partial charge on any atom is -0.368 e. The van der Waals surface area contributed by atoms with Crippen molar-refractivity contribution in [1.82, 2.24) is 9.88 Å². The first kappa shape index (κ1) is 16.7. The van der Waals surface area contributed by atoms with Crippen LogP contribution in [0.3, 0.4) is 0 Å². The fraction of sp³-hybridized carbons (Fsp3) is 0.400. The van der Waals surface area contributed by atoms with Gasteiger partial charge in [-0.2, -0.15) is 0 Å². The van der Waals surface area contributed by atoms with E-state index in [9.17, 15) is 4.79 Å². The second kappa shape index (κ2) is 6.73. The number of aryl methyl sites for hydroxylation is 1. The second-order valence-electron chi connectivity index (χ2n) is 6.93. The van der Waals surface area contributed by atoms with Crippen molar-refractivity contribution in [3.8, 4) is 0 Å². The van der Waals surface area contributed by atoms with Crippen molar-refractivity contribution in [2.75, 3.05) is 0 Å². The van der Waals surface area contributed by atoms with Gasteiger partial charge in [-0.05, 0) is 42.0 Å². The molecule has 3 rings (SSSR count). The van der Waals surface area contributed by atoms with Crippen LogP contribution in [-0.2, 0) is 24.3 Å². The zero-order valence-corrected chi connectivity index (χ0v) is 14.6. The molecule has 0 fully saturated rings. The van der Waals surface area contributed by atoms with Crippen LogP contribution in [0.4, 0.5) is 0 Å². The van der Waals surface area contributed by atoms with Crippen LogP contribution in [0.5, 0.6) is 0 Å². The second-order valence-corrected chi connectivity index (χ2v) is 6.93. The van der Waals surface area contributed by atoms with Gasteiger partial charge >= 0.3 is 0 Å². The summed E-state index contributed by atoms with van der Waals surface area (Å²) in [5.41, 5.74) is 11.5. The number of carbonyl (C=O) groups is 1. The van der Waals surface area contributed by atoms with E-state index in [4.69, 9.17) is 10.7 Å². The summed E-state index contributed by atoms with van der Waals surface area (Å²) in [7, 11) is 0. The molecule has 0 saturated heterocycles. The highest BCUT2D eigenvalue weighted by molar-refractivity contribution is 5.80. The molecule has 4 nitrogen and oxygen atoms in total. The molecule has 1 aliphatic heterocycles. The molecule has 2 aromatic rings. The van der Waals surface area contributed by atoms with Gasteiger partial charge in [0.1, 0.15) is 0 Å². The fourth-order valence-corrected chi connectivity index (χ4v) is 3.34. The van der Waals surface area contributed by atoms with Crippen LogP contribution in [-0.4, -0.2) is 21.8 Å². The molecule has 2 heterocycles. The van der Waals surface area contributed by atoms with E-state index in [1.165, 1.54) is 11.1 Å². The van der Waals surface area contributed by atoms with E-state index in [0.717, 1.165) is 23.5 Å². The minimum absolute atomic E-state index is 0.256. The van der Waals surface area contributed by atoms with E-state index in [-0.39, 0.29) is 11.9 Å². The van der Waals surface area contributed by atoms with E-state index in [1.54, 1.807) is 0 Å². The van der Waals surface area contributed by atoms with Crippen LogP contribution < -0.4 is 5.73 Å². The molecule has 0 aliphatic carbocycles. The monoisotopic (exact) mass is 323 g/mol. The van der Waals surface area contributed by atoms with Crippen molar-refractivity contribution in [3.63, 3.8) is 0 Å². The van der Waals surface area contributed by atoms with Gasteiger partial charge in [0.05, 0.1) is 6.04 Å². The van der Waals surface area contributed by atoms with E-state index in [0.29, 0.717) is 18.9 Å². The van der Waals surface area contributed by atoms with Gasteiger partial charge in [-0.25, -0.2) is 0 Å². The number of hydrogen-bond acceptors (Lipinski definition) is 3. The van der Waals surface area contributed by atoms with Crippen molar-refractivity contribution < 1.29 is 4.79 Å². The molecule has 0 unspecified atom stereocenters. The lowest BCUT2D eigenvalue weighted by atomic mass is 9.93. The summed E-state index contributed by atoms with van der Waals surface area (Å²) in [6, 6.07) is 12.3. The van der Waals surface area contributed by atoms with Gasteiger partial charge in [0.15, 0.2) is 0 Å². The molecule has 0 bridgehead atoms. The molecule has 1 aromatic carbocycles. The molecule has 1 amide bonds. The zero-order chi connectivity index (χ0) is 17.3. The molecule has 24 heavy (non-hydrogen) atoms. The van der Waals surface area contributed by atoms with Crippen molar-refractivity contribution >= 4 is 5.91 Å². The fourth-order valence-electron chi connectivity index (χ4n) is 3.34. The average molecular weight is 323 g/mol. The standard InChI is InChI=1S/C20H25N3O/c1-13(2)18-9-8-16(14(3)22-18)11-23-12-17-7-5-4-6-15(17)10-19(23)20(21)24/h4-9,13,19H,10-12H2,1-3H3,(H2,21,24)/t19-/m0/s1. The molecule has 1 aromatic heterocycles. The maximum Gasteiger partial charge on any atom is 0.235 e. The third kappa shape index (κ3) is 3.34. The highest BCUT2D eigenvalue weighted by Gasteiger charge is 2.30. The first-order chi connectivity index (χ1) is 11.5. The van der Waals surface area contributed by atoms with Gasteiger partial charge in [-0.3, -0.25) is 14.7 Å². The van der Waals surface area contributed by atoms with Gasteiger partial charge in [0.2, 0.25) is 5.91 Å². The molecule has 0 saturated carbocycles. The van der Waals surface area contributed by atoms with E-state index >= 15 is 0 Å². The zero-order valence-electron chi connectivity index (χ0n) is 14.6. The van der Waals surface area contributed by atoms with E-state index in [1.807, 2.05) is 19.1 Å². The van der Waals surface area contributed by atoms with Crippen molar-refractivity contribution in [1.29, 1.82) is 0 Å². The van der Waals surface area contributed by atoms with Crippen molar-refractivity contribution in [2.24, 2.45) is 5.73 Å². The molecular weight excluding hydrogens is 298 g/mol. The van der Waals surface area contributed by atoms with Crippen LogP contribution in [0.15, 0.2) is 36.4 Å². The van der Waals surface area contributed by atoms with Crippen LogP contribution in [0.25, 0.3) is 0 Å². The molecule has 1 aliphatic rings. The number of amides is 1. The first-order valence-corrected chi connectivity index (χ1v) is 8.52. The minimum atomic E-state index is -0.260. The van der Waals surface area contributed by atoms with Crippen LogP contribution in [0.1, 0.15) is 47.8 Å². The topological polar surface area (TPSA) is 59.2 Å². The molecular formula is C20H25N3O.